The third-order valence-electron chi connectivity index (χ3n) is 3.87. The average Bonchev–Trinajstić information content (AvgIpc) is 3.07. The Hall–Kier alpha value is -2.84. The zero-order valence-corrected chi connectivity index (χ0v) is 15.2. The Morgan fingerprint density at radius 3 is 2.46 bits per heavy atom. The van der Waals surface area contributed by atoms with Gasteiger partial charge in [0.15, 0.2) is 5.78 Å². The van der Waals surface area contributed by atoms with Gasteiger partial charge in [-0.1, -0.05) is 12.1 Å². The molecule has 1 aromatic carbocycles. The van der Waals surface area contributed by atoms with E-state index in [1.54, 1.807) is 23.3 Å². The summed E-state index contributed by atoms with van der Waals surface area (Å²) in [5.74, 6) is -0.111. The number of nitrogens with one attached hydrogen (secondary N) is 1. The van der Waals surface area contributed by atoms with E-state index in [0.717, 1.165) is 16.7 Å². The maximum atomic E-state index is 12.4. The lowest BCUT2D eigenvalue weighted by Gasteiger charge is -2.08. The van der Waals surface area contributed by atoms with Crippen molar-refractivity contribution in [1.82, 2.24) is 19.5 Å². The predicted octanol–water partition coefficient (Wildman–Crippen LogP) is 2.16. The molecule has 0 bridgehead atoms. The molecule has 0 radical (unpaired) electrons. The summed E-state index contributed by atoms with van der Waals surface area (Å²) in [5, 5.41) is 4.12. The highest BCUT2D eigenvalue weighted by molar-refractivity contribution is 7.89. The lowest BCUT2D eigenvalue weighted by atomic mass is 10.1. The number of carbonyl (C=O) groups excluding carboxylic acids is 1. The molecule has 26 heavy (non-hydrogen) atoms. The summed E-state index contributed by atoms with van der Waals surface area (Å²) in [6, 6.07) is 7.71. The number of aromatic nitrogens is 3. The zero-order chi connectivity index (χ0) is 18.7. The van der Waals surface area contributed by atoms with Crippen molar-refractivity contribution in [3.63, 3.8) is 0 Å². The predicted molar refractivity (Wildman–Crippen MR) is 96.9 cm³/mol. The molecule has 7 nitrogen and oxygen atoms in total. The molecule has 0 unspecified atom stereocenters. The normalized spacial score (nSPS) is 11.5. The van der Waals surface area contributed by atoms with Crippen molar-refractivity contribution >= 4 is 15.8 Å². The lowest BCUT2D eigenvalue weighted by molar-refractivity contribution is 0.101. The van der Waals surface area contributed by atoms with Crippen LogP contribution in [0.1, 0.15) is 22.8 Å². The standard InChI is InChI=1S/C18H18N4O3S/c1-13(23)15-3-5-18(6-4-15)26(24,25)21-9-14-7-16(10-19-8-14)17-11-20-22(2)12-17/h3-8,10-12,21H,9H2,1-2H3. The van der Waals surface area contributed by atoms with Gasteiger partial charge < -0.3 is 0 Å². The molecule has 0 spiro atoms. The summed E-state index contributed by atoms with van der Waals surface area (Å²) in [6.45, 7) is 1.54. The van der Waals surface area contributed by atoms with Crippen molar-refractivity contribution in [2.75, 3.05) is 0 Å². The van der Waals surface area contributed by atoms with Crippen molar-refractivity contribution in [2.24, 2.45) is 7.05 Å². The number of benzene rings is 1. The summed E-state index contributed by atoms with van der Waals surface area (Å²) in [6.07, 6.45) is 6.90. The summed E-state index contributed by atoms with van der Waals surface area (Å²) >= 11 is 0. The topological polar surface area (TPSA) is 93.9 Å². The van der Waals surface area contributed by atoms with Gasteiger partial charge in [0.2, 0.25) is 10.0 Å². The second-order valence-corrected chi connectivity index (χ2v) is 7.66. The van der Waals surface area contributed by atoms with Crippen molar-refractivity contribution in [3.05, 3.63) is 66.2 Å². The molecule has 3 rings (SSSR count). The van der Waals surface area contributed by atoms with Gasteiger partial charge in [0.25, 0.3) is 0 Å². The van der Waals surface area contributed by atoms with Gasteiger partial charge in [-0.2, -0.15) is 5.10 Å². The summed E-state index contributed by atoms with van der Waals surface area (Å²) in [4.78, 5) is 15.6. The Morgan fingerprint density at radius 1 is 1.12 bits per heavy atom. The van der Waals surface area contributed by atoms with E-state index in [1.807, 2.05) is 19.3 Å². The maximum Gasteiger partial charge on any atom is 0.240 e. The Bertz CT molecular complexity index is 1040. The minimum Gasteiger partial charge on any atom is -0.295 e. The molecule has 0 fully saturated rings. The number of hydrogen-bond donors (Lipinski definition) is 1. The monoisotopic (exact) mass is 370 g/mol. The number of sulfonamides is 1. The fraction of sp³-hybridized carbons (Fsp3) is 0.167. The van der Waals surface area contributed by atoms with Gasteiger partial charge in [-0.15, -0.1) is 0 Å². The van der Waals surface area contributed by atoms with Crippen LogP contribution in [-0.4, -0.2) is 29.0 Å². The van der Waals surface area contributed by atoms with E-state index in [2.05, 4.69) is 14.8 Å². The number of carbonyl (C=O) groups is 1. The number of ketones is 1. The van der Waals surface area contributed by atoms with Crippen LogP contribution in [0.25, 0.3) is 11.1 Å². The molecule has 0 aliphatic rings. The van der Waals surface area contributed by atoms with Gasteiger partial charge in [-0.05, 0) is 30.7 Å². The van der Waals surface area contributed by atoms with E-state index in [0.29, 0.717) is 5.56 Å². The van der Waals surface area contributed by atoms with Gasteiger partial charge >= 0.3 is 0 Å². The third kappa shape index (κ3) is 4.04. The average molecular weight is 370 g/mol. The van der Waals surface area contributed by atoms with Crippen LogP contribution in [0.5, 0.6) is 0 Å². The Labute approximate surface area is 151 Å². The first-order chi connectivity index (χ1) is 12.3. The van der Waals surface area contributed by atoms with Gasteiger partial charge in [0, 0.05) is 48.9 Å². The Kier molecular flexibility index (Phi) is 4.97. The van der Waals surface area contributed by atoms with Gasteiger partial charge in [-0.25, -0.2) is 13.1 Å². The first kappa shape index (κ1) is 18.0. The molecule has 2 aromatic heterocycles. The van der Waals surface area contributed by atoms with E-state index >= 15 is 0 Å². The Balaban J connectivity index is 1.74. The molecule has 8 heteroatoms. The van der Waals surface area contributed by atoms with E-state index < -0.39 is 10.0 Å². The van der Waals surface area contributed by atoms with Crippen molar-refractivity contribution < 1.29 is 13.2 Å². The number of pyridine rings is 1. The van der Waals surface area contributed by atoms with E-state index in [4.69, 9.17) is 0 Å². The van der Waals surface area contributed by atoms with Crippen molar-refractivity contribution in [1.29, 1.82) is 0 Å². The summed E-state index contributed by atoms with van der Waals surface area (Å²) in [7, 11) is -1.85. The zero-order valence-electron chi connectivity index (χ0n) is 14.4. The fourth-order valence-electron chi connectivity index (χ4n) is 2.44. The number of Topliss-reactive ketones (excluding diaryl/α,β-unsaturated/α-hetero) is 1. The third-order valence-corrected chi connectivity index (χ3v) is 5.29. The highest BCUT2D eigenvalue weighted by atomic mass is 32.2. The molecule has 2 heterocycles. The molecule has 0 aliphatic carbocycles. The van der Waals surface area contributed by atoms with Gasteiger partial charge in [0.05, 0.1) is 11.1 Å². The van der Waals surface area contributed by atoms with Crippen LogP contribution < -0.4 is 4.72 Å². The molecule has 134 valence electrons. The number of nitrogens with zero attached hydrogens (tertiary/aromatic N) is 3. The van der Waals surface area contributed by atoms with Crippen molar-refractivity contribution in [3.8, 4) is 11.1 Å². The molecule has 0 atom stereocenters. The van der Waals surface area contributed by atoms with Crippen LogP contribution in [0.4, 0.5) is 0 Å². The van der Waals surface area contributed by atoms with E-state index in [1.165, 1.54) is 31.2 Å². The first-order valence-corrected chi connectivity index (χ1v) is 9.37. The van der Waals surface area contributed by atoms with Gasteiger partial charge in [-0.3, -0.25) is 14.5 Å². The number of aryl methyl sites for hydroxylation is 1. The maximum absolute atomic E-state index is 12.4. The van der Waals surface area contributed by atoms with Crippen LogP contribution in [0, 0.1) is 0 Å². The van der Waals surface area contributed by atoms with Gasteiger partial charge in [0.1, 0.15) is 0 Å². The molecule has 0 saturated carbocycles. The largest absolute Gasteiger partial charge is 0.295 e. The lowest BCUT2D eigenvalue weighted by Crippen LogP contribution is -2.23. The first-order valence-electron chi connectivity index (χ1n) is 7.89. The smallest absolute Gasteiger partial charge is 0.240 e. The second kappa shape index (κ2) is 7.19. The highest BCUT2D eigenvalue weighted by Crippen LogP contribution is 2.19. The van der Waals surface area contributed by atoms with Crippen LogP contribution in [-0.2, 0) is 23.6 Å². The second-order valence-electron chi connectivity index (χ2n) is 5.89. The van der Waals surface area contributed by atoms with Crippen molar-refractivity contribution in [2.45, 2.75) is 18.4 Å². The van der Waals surface area contributed by atoms with Crippen LogP contribution in [0.3, 0.4) is 0 Å². The summed E-state index contributed by atoms with van der Waals surface area (Å²) < 4.78 is 29.1. The highest BCUT2D eigenvalue weighted by Gasteiger charge is 2.14. The minimum atomic E-state index is -3.68. The van der Waals surface area contributed by atoms with E-state index in [-0.39, 0.29) is 17.2 Å². The number of hydrogen-bond acceptors (Lipinski definition) is 5. The fourth-order valence-corrected chi connectivity index (χ4v) is 3.46. The molecular weight excluding hydrogens is 352 g/mol. The molecule has 0 aliphatic heterocycles. The summed E-state index contributed by atoms with van der Waals surface area (Å²) in [5.41, 5.74) is 2.97. The molecule has 0 amide bonds. The molecular formula is C18H18N4O3S. The number of rotatable bonds is 6. The quantitative estimate of drug-likeness (QED) is 0.671. The molecule has 1 N–H and O–H groups in total. The molecule has 3 aromatic rings. The van der Waals surface area contributed by atoms with Crippen LogP contribution in [0.15, 0.2) is 60.0 Å². The molecule has 0 saturated heterocycles. The van der Waals surface area contributed by atoms with E-state index in [9.17, 15) is 13.2 Å². The van der Waals surface area contributed by atoms with Crippen LogP contribution in [0.2, 0.25) is 0 Å². The Morgan fingerprint density at radius 2 is 1.85 bits per heavy atom. The van der Waals surface area contributed by atoms with Crippen LogP contribution >= 0.6 is 0 Å². The SMILES string of the molecule is CC(=O)c1ccc(S(=O)(=O)NCc2cncc(-c3cnn(C)c3)c2)cc1. The minimum absolute atomic E-state index is 0.109.